The van der Waals surface area contributed by atoms with E-state index in [1.54, 1.807) is 6.92 Å². The van der Waals surface area contributed by atoms with Crippen LogP contribution in [0.25, 0.3) is 0 Å². The van der Waals surface area contributed by atoms with Crippen LogP contribution in [0.3, 0.4) is 0 Å². The number of nitrogen functional groups attached to an aromatic ring is 1. The van der Waals surface area contributed by atoms with Gasteiger partial charge in [0.15, 0.2) is 11.6 Å². The number of halogens is 1. The van der Waals surface area contributed by atoms with Gasteiger partial charge in [0.05, 0.1) is 6.20 Å². The number of nitrogens with two attached hydrogens (primary N) is 1. The highest BCUT2D eigenvalue weighted by molar-refractivity contribution is 5.27. The molecule has 3 nitrogen and oxygen atoms in total. The Morgan fingerprint density at radius 2 is 2.33 bits per heavy atom. The van der Waals surface area contributed by atoms with Crippen LogP contribution in [-0.4, -0.2) is 9.97 Å². The lowest BCUT2D eigenvalue weighted by Gasteiger charge is -1.93. The van der Waals surface area contributed by atoms with Crippen LogP contribution in [0.5, 0.6) is 0 Å². The molecular weight excluding hydrogens is 121 g/mol. The maximum Gasteiger partial charge on any atom is 0.183 e. The van der Waals surface area contributed by atoms with E-state index in [1.165, 1.54) is 0 Å². The van der Waals surface area contributed by atoms with Gasteiger partial charge >= 0.3 is 0 Å². The monoisotopic (exact) mass is 127 g/mol. The Balaban J connectivity index is 3.17. The number of anilines is 1. The Morgan fingerprint density at radius 1 is 1.67 bits per heavy atom. The molecule has 0 bridgehead atoms. The van der Waals surface area contributed by atoms with Crippen molar-refractivity contribution in [1.29, 1.82) is 0 Å². The van der Waals surface area contributed by atoms with Gasteiger partial charge in [-0.05, 0) is 6.92 Å². The van der Waals surface area contributed by atoms with E-state index in [0.717, 1.165) is 6.20 Å². The number of hydrogen-bond acceptors (Lipinski definition) is 3. The molecule has 0 unspecified atom stereocenters. The van der Waals surface area contributed by atoms with Crippen molar-refractivity contribution in [3.8, 4) is 0 Å². The first-order valence-corrected chi connectivity index (χ1v) is 2.45. The smallest absolute Gasteiger partial charge is 0.183 e. The van der Waals surface area contributed by atoms with Crippen molar-refractivity contribution < 1.29 is 4.39 Å². The van der Waals surface area contributed by atoms with Crippen molar-refractivity contribution in [1.82, 2.24) is 9.97 Å². The van der Waals surface area contributed by atoms with Gasteiger partial charge in [-0.1, -0.05) is 0 Å². The van der Waals surface area contributed by atoms with Crippen molar-refractivity contribution >= 4 is 5.82 Å². The largest absolute Gasteiger partial charge is 0.381 e. The summed E-state index contributed by atoms with van der Waals surface area (Å²) in [5.74, 6) is -0.183. The van der Waals surface area contributed by atoms with Gasteiger partial charge in [0, 0.05) is 0 Å². The number of aryl methyl sites for hydroxylation is 1. The molecular formula is C5H6FN3. The van der Waals surface area contributed by atoms with Crippen molar-refractivity contribution in [2.75, 3.05) is 5.73 Å². The minimum atomic E-state index is -0.569. The quantitative estimate of drug-likeness (QED) is 0.552. The molecule has 0 amide bonds. The van der Waals surface area contributed by atoms with Gasteiger partial charge in [-0.3, -0.25) is 0 Å². The lowest BCUT2D eigenvalue weighted by molar-refractivity contribution is 0.617. The number of aromatic nitrogens is 2. The van der Waals surface area contributed by atoms with Crippen molar-refractivity contribution in [3.05, 3.63) is 17.8 Å². The molecule has 0 aliphatic carbocycles. The molecule has 0 saturated carbocycles. The zero-order valence-electron chi connectivity index (χ0n) is 4.93. The van der Waals surface area contributed by atoms with Crippen LogP contribution in [-0.2, 0) is 0 Å². The van der Waals surface area contributed by atoms with Crippen LogP contribution in [0.2, 0.25) is 0 Å². The first kappa shape index (κ1) is 5.94. The standard InChI is InChI=1S/C5H6FN3/c1-3-8-2-4(6)5(7)9-3/h2H,1H3,(H2,7,8,9). The molecule has 1 rings (SSSR count). The van der Waals surface area contributed by atoms with Crippen LogP contribution in [0.4, 0.5) is 10.2 Å². The summed E-state index contributed by atoms with van der Waals surface area (Å²) in [4.78, 5) is 7.14. The normalized spacial score (nSPS) is 9.56. The fourth-order valence-corrected chi connectivity index (χ4v) is 0.473. The highest BCUT2D eigenvalue weighted by Gasteiger charge is 1.97. The van der Waals surface area contributed by atoms with E-state index in [9.17, 15) is 4.39 Å². The van der Waals surface area contributed by atoms with Crippen molar-refractivity contribution in [2.24, 2.45) is 0 Å². The van der Waals surface area contributed by atoms with E-state index in [1.807, 2.05) is 0 Å². The van der Waals surface area contributed by atoms with Gasteiger partial charge in [0.25, 0.3) is 0 Å². The van der Waals surface area contributed by atoms with E-state index in [0.29, 0.717) is 5.82 Å². The zero-order chi connectivity index (χ0) is 6.85. The fraction of sp³-hybridized carbons (Fsp3) is 0.200. The third kappa shape index (κ3) is 1.13. The SMILES string of the molecule is Cc1ncc(F)c(N)n1. The molecule has 0 aliphatic rings. The summed E-state index contributed by atoms with van der Waals surface area (Å²) in [6, 6.07) is 0. The zero-order valence-corrected chi connectivity index (χ0v) is 4.93. The van der Waals surface area contributed by atoms with Crippen LogP contribution in [0.15, 0.2) is 6.20 Å². The summed E-state index contributed by atoms with van der Waals surface area (Å²) in [5.41, 5.74) is 5.09. The van der Waals surface area contributed by atoms with Gasteiger partial charge < -0.3 is 5.73 Å². The summed E-state index contributed by atoms with van der Waals surface area (Å²) in [6.45, 7) is 1.65. The van der Waals surface area contributed by atoms with E-state index in [4.69, 9.17) is 5.73 Å². The van der Waals surface area contributed by atoms with Crippen LogP contribution in [0.1, 0.15) is 5.82 Å². The molecule has 4 heteroatoms. The molecule has 1 aromatic rings. The maximum absolute atomic E-state index is 12.2. The van der Waals surface area contributed by atoms with Gasteiger partial charge in [0.2, 0.25) is 0 Å². The highest BCUT2D eigenvalue weighted by Crippen LogP contribution is 2.02. The van der Waals surface area contributed by atoms with Gasteiger partial charge in [-0.2, -0.15) is 0 Å². The Morgan fingerprint density at radius 3 is 2.78 bits per heavy atom. The molecule has 1 aromatic heterocycles. The summed E-state index contributed by atoms with van der Waals surface area (Å²) < 4.78 is 12.2. The Labute approximate surface area is 51.7 Å². The van der Waals surface area contributed by atoms with Crippen molar-refractivity contribution in [3.63, 3.8) is 0 Å². The molecule has 1 heterocycles. The predicted octanol–water partition coefficient (Wildman–Crippen LogP) is 0.506. The van der Waals surface area contributed by atoms with Crippen LogP contribution in [0, 0.1) is 12.7 Å². The Kier molecular flexibility index (Phi) is 1.30. The summed E-state index contributed by atoms with van der Waals surface area (Å²) in [6.07, 6.45) is 1.05. The molecule has 0 radical (unpaired) electrons. The number of nitrogens with zero attached hydrogens (tertiary/aromatic N) is 2. The third-order valence-electron chi connectivity index (χ3n) is 0.892. The summed E-state index contributed by atoms with van der Waals surface area (Å²) >= 11 is 0. The molecule has 0 saturated heterocycles. The summed E-state index contributed by atoms with van der Waals surface area (Å²) in [5, 5.41) is 0. The van der Waals surface area contributed by atoms with Crippen molar-refractivity contribution in [2.45, 2.75) is 6.92 Å². The molecule has 0 atom stereocenters. The van der Waals surface area contributed by atoms with Gasteiger partial charge in [0.1, 0.15) is 5.82 Å². The number of rotatable bonds is 0. The molecule has 9 heavy (non-hydrogen) atoms. The van der Waals surface area contributed by atoms with E-state index in [2.05, 4.69) is 9.97 Å². The van der Waals surface area contributed by atoms with Gasteiger partial charge in [-0.15, -0.1) is 0 Å². The predicted molar refractivity (Wildman–Crippen MR) is 31.1 cm³/mol. The summed E-state index contributed by atoms with van der Waals surface area (Å²) in [7, 11) is 0. The Hall–Kier alpha value is -1.19. The van der Waals surface area contributed by atoms with E-state index >= 15 is 0 Å². The first-order valence-electron chi connectivity index (χ1n) is 2.45. The van der Waals surface area contributed by atoms with Crippen LogP contribution >= 0.6 is 0 Å². The topological polar surface area (TPSA) is 51.8 Å². The lowest BCUT2D eigenvalue weighted by atomic mass is 10.5. The third-order valence-corrected chi connectivity index (χ3v) is 0.892. The molecule has 0 aromatic carbocycles. The maximum atomic E-state index is 12.2. The molecule has 0 aliphatic heterocycles. The fourth-order valence-electron chi connectivity index (χ4n) is 0.473. The lowest BCUT2D eigenvalue weighted by Crippen LogP contribution is -1.97. The second-order valence-corrected chi connectivity index (χ2v) is 1.65. The average molecular weight is 127 g/mol. The van der Waals surface area contributed by atoms with E-state index in [-0.39, 0.29) is 5.82 Å². The minimum Gasteiger partial charge on any atom is -0.381 e. The van der Waals surface area contributed by atoms with Crippen LogP contribution < -0.4 is 5.73 Å². The minimum absolute atomic E-state index is 0.0949. The van der Waals surface area contributed by atoms with Gasteiger partial charge in [-0.25, -0.2) is 14.4 Å². The number of hydrogen-bond donors (Lipinski definition) is 1. The molecule has 0 spiro atoms. The average Bonchev–Trinajstić information content (AvgIpc) is 1.80. The second kappa shape index (κ2) is 1.97. The second-order valence-electron chi connectivity index (χ2n) is 1.65. The molecule has 0 fully saturated rings. The van der Waals surface area contributed by atoms with E-state index < -0.39 is 5.82 Å². The highest BCUT2D eigenvalue weighted by atomic mass is 19.1. The Bertz CT molecular complexity index is 223. The first-order chi connectivity index (χ1) is 4.20. The molecule has 48 valence electrons. The molecule has 2 N–H and O–H groups in total.